The van der Waals surface area contributed by atoms with Crippen molar-refractivity contribution in [1.82, 2.24) is 9.80 Å². The first-order chi connectivity index (χ1) is 17.6. The van der Waals surface area contributed by atoms with Gasteiger partial charge in [-0.2, -0.15) is 0 Å². The Bertz CT molecular complexity index is 697. The SMILES string of the molecule is CCCCCCCCCN(C)Cc1ccc(-c2ccc(CN(C)CCCCCCCCC)cc2)cc1. The Kier molecular flexibility index (Phi) is 16.5. The van der Waals surface area contributed by atoms with E-state index < -0.39 is 0 Å². The van der Waals surface area contributed by atoms with Crippen molar-refractivity contribution in [3.63, 3.8) is 0 Å². The Morgan fingerprint density at radius 1 is 0.417 bits per heavy atom. The maximum Gasteiger partial charge on any atom is 0.0230 e. The van der Waals surface area contributed by atoms with Crippen molar-refractivity contribution in [3.05, 3.63) is 59.7 Å². The van der Waals surface area contributed by atoms with Gasteiger partial charge in [-0.1, -0.05) is 139 Å². The van der Waals surface area contributed by atoms with Crippen molar-refractivity contribution < 1.29 is 0 Å². The number of hydrogen-bond acceptors (Lipinski definition) is 2. The summed E-state index contributed by atoms with van der Waals surface area (Å²) < 4.78 is 0. The van der Waals surface area contributed by atoms with Crippen LogP contribution in [-0.2, 0) is 13.1 Å². The van der Waals surface area contributed by atoms with Gasteiger partial charge in [0.25, 0.3) is 0 Å². The van der Waals surface area contributed by atoms with Crippen LogP contribution in [0.1, 0.15) is 115 Å². The lowest BCUT2D eigenvalue weighted by molar-refractivity contribution is 0.316. The molecule has 0 fully saturated rings. The van der Waals surface area contributed by atoms with Gasteiger partial charge in [0.2, 0.25) is 0 Å². The smallest absolute Gasteiger partial charge is 0.0230 e. The second kappa shape index (κ2) is 19.5. The highest BCUT2D eigenvalue weighted by Crippen LogP contribution is 2.21. The van der Waals surface area contributed by atoms with Crippen molar-refractivity contribution in [3.8, 4) is 11.1 Å². The Morgan fingerprint density at radius 3 is 1.06 bits per heavy atom. The van der Waals surface area contributed by atoms with Gasteiger partial charge in [0.05, 0.1) is 0 Å². The van der Waals surface area contributed by atoms with Gasteiger partial charge in [-0.25, -0.2) is 0 Å². The van der Waals surface area contributed by atoms with Crippen LogP contribution in [0.5, 0.6) is 0 Å². The quantitative estimate of drug-likeness (QED) is 0.160. The number of nitrogens with zero attached hydrogens (tertiary/aromatic N) is 2. The molecule has 0 aromatic heterocycles. The highest BCUT2D eigenvalue weighted by Gasteiger charge is 2.04. The molecule has 0 spiro atoms. The van der Waals surface area contributed by atoms with E-state index >= 15 is 0 Å². The van der Waals surface area contributed by atoms with E-state index in [1.165, 1.54) is 125 Å². The fraction of sp³-hybridized carbons (Fsp3) is 0.647. The molecule has 0 aliphatic heterocycles. The van der Waals surface area contributed by atoms with Gasteiger partial charge in [-0.15, -0.1) is 0 Å². The molecule has 2 heteroatoms. The highest BCUT2D eigenvalue weighted by atomic mass is 15.1. The predicted octanol–water partition coefficient (Wildman–Crippen LogP) is 9.72. The summed E-state index contributed by atoms with van der Waals surface area (Å²) in [5, 5.41) is 0. The molecule has 2 nitrogen and oxygen atoms in total. The van der Waals surface area contributed by atoms with Gasteiger partial charge in [-0.05, 0) is 62.3 Å². The molecule has 202 valence electrons. The van der Waals surface area contributed by atoms with E-state index in [1.54, 1.807) is 0 Å². The Balaban J connectivity index is 1.66. The number of benzene rings is 2. The van der Waals surface area contributed by atoms with Crippen molar-refractivity contribution in [2.45, 2.75) is 117 Å². The molecule has 0 amide bonds. The molecule has 0 N–H and O–H groups in total. The second-order valence-electron chi connectivity index (χ2n) is 11.1. The molecule has 0 aliphatic rings. The van der Waals surface area contributed by atoms with E-state index in [-0.39, 0.29) is 0 Å². The van der Waals surface area contributed by atoms with Gasteiger partial charge < -0.3 is 9.80 Å². The van der Waals surface area contributed by atoms with Crippen molar-refractivity contribution in [2.24, 2.45) is 0 Å². The molecule has 0 radical (unpaired) electrons. The van der Waals surface area contributed by atoms with Crippen LogP contribution in [0.4, 0.5) is 0 Å². The summed E-state index contributed by atoms with van der Waals surface area (Å²) in [5.74, 6) is 0. The Labute approximate surface area is 224 Å². The number of unbranched alkanes of at least 4 members (excludes halogenated alkanes) is 12. The maximum absolute atomic E-state index is 2.47. The van der Waals surface area contributed by atoms with E-state index in [9.17, 15) is 0 Å². The topological polar surface area (TPSA) is 6.48 Å². The van der Waals surface area contributed by atoms with E-state index in [0.29, 0.717) is 0 Å². The summed E-state index contributed by atoms with van der Waals surface area (Å²) in [4.78, 5) is 4.94. The van der Waals surface area contributed by atoms with Crippen LogP contribution in [-0.4, -0.2) is 37.0 Å². The third-order valence-corrected chi connectivity index (χ3v) is 7.43. The van der Waals surface area contributed by atoms with E-state index in [4.69, 9.17) is 0 Å². The average Bonchev–Trinajstić information content (AvgIpc) is 2.88. The molecule has 0 saturated carbocycles. The second-order valence-corrected chi connectivity index (χ2v) is 11.1. The van der Waals surface area contributed by atoms with Gasteiger partial charge >= 0.3 is 0 Å². The third-order valence-electron chi connectivity index (χ3n) is 7.43. The molecule has 0 bridgehead atoms. The first-order valence-electron chi connectivity index (χ1n) is 15.2. The maximum atomic E-state index is 2.47. The standard InChI is InChI=1S/C34H56N2/c1-5-7-9-11-13-15-17-27-35(3)29-31-19-23-33(24-20-31)34-25-21-32(22-26-34)30-36(4)28-18-16-14-12-10-8-6-2/h19-26H,5-18,27-30H2,1-4H3. The minimum absolute atomic E-state index is 1.04. The van der Waals surface area contributed by atoms with Crippen molar-refractivity contribution in [2.75, 3.05) is 27.2 Å². The molecule has 0 heterocycles. The number of rotatable bonds is 21. The minimum Gasteiger partial charge on any atom is -0.302 e. The van der Waals surface area contributed by atoms with Crippen LogP contribution in [0.3, 0.4) is 0 Å². The van der Waals surface area contributed by atoms with Crippen LogP contribution in [0.2, 0.25) is 0 Å². The summed E-state index contributed by atoms with van der Waals surface area (Å²) in [5.41, 5.74) is 5.45. The lowest BCUT2D eigenvalue weighted by Gasteiger charge is -2.17. The lowest BCUT2D eigenvalue weighted by Crippen LogP contribution is -2.19. The first-order valence-corrected chi connectivity index (χ1v) is 15.2. The third kappa shape index (κ3) is 13.6. The van der Waals surface area contributed by atoms with E-state index in [2.05, 4.69) is 86.3 Å². The van der Waals surface area contributed by atoms with Crippen LogP contribution >= 0.6 is 0 Å². The van der Waals surface area contributed by atoms with Gasteiger partial charge in [0, 0.05) is 13.1 Å². The van der Waals surface area contributed by atoms with Crippen molar-refractivity contribution >= 4 is 0 Å². The summed E-state index contributed by atoms with van der Waals surface area (Å²) in [6.07, 6.45) is 19.3. The normalized spacial score (nSPS) is 11.6. The molecule has 36 heavy (non-hydrogen) atoms. The molecule has 0 aliphatic carbocycles. The van der Waals surface area contributed by atoms with Crippen molar-refractivity contribution in [1.29, 1.82) is 0 Å². The molecule has 0 saturated heterocycles. The Morgan fingerprint density at radius 2 is 0.722 bits per heavy atom. The highest BCUT2D eigenvalue weighted by molar-refractivity contribution is 5.63. The monoisotopic (exact) mass is 492 g/mol. The van der Waals surface area contributed by atoms with Gasteiger partial charge in [0.15, 0.2) is 0 Å². The van der Waals surface area contributed by atoms with Crippen LogP contribution in [0, 0.1) is 0 Å². The zero-order valence-electron chi connectivity index (χ0n) is 24.2. The van der Waals surface area contributed by atoms with E-state index in [0.717, 1.165) is 13.1 Å². The molecular formula is C34H56N2. The molecule has 0 atom stereocenters. The van der Waals surface area contributed by atoms with Crippen LogP contribution in [0.15, 0.2) is 48.5 Å². The first kappa shape index (κ1) is 30.6. The molecule has 0 unspecified atom stereocenters. The van der Waals surface area contributed by atoms with Crippen LogP contribution < -0.4 is 0 Å². The molecule has 2 aromatic rings. The minimum atomic E-state index is 1.04. The zero-order valence-corrected chi connectivity index (χ0v) is 24.2. The predicted molar refractivity (Wildman–Crippen MR) is 161 cm³/mol. The molecular weight excluding hydrogens is 436 g/mol. The largest absolute Gasteiger partial charge is 0.302 e. The summed E-state index contributed by atoms with van der Waals surface area (Å²) >= 11 is 0. The summed E-state index contributed by atoms with van der Waals surface area (Å²) in [7, 11) is 4.52. The Hall–Kier alpha value is -1.64. The average molecular weight is 493 g/mol. The van der Waals surface area contributed by atoms with Gasteiger partial charge in [0.1, 0.15) is 0 Å². The zero-order chi connectivity index (χ0) is 25.8. The number of hydrogen-bond donors (Lipinski definition) is 0. The van der Waals surface area contributed by atoms with E-state index in [1.807, 2.05) is 0 Å². The van der Waals surface area contributed by atoms with Gasteiger partial charge in [-0.3, -0.25) is 0 Å². The molecule has 2 aromatic carbocycles. The molecule has 2 rings (SSSR count). The lowest BCUT2D eigenvalue weighted by atomic mass is 10.0. The summed E-state index contributed by atoms with van der Waals surface area (Å²) in [6, 6.07) is 18.4. The van der Waals surface area contributed by atoms with Crippen LogP contribution in [0.25, 0.3) is 11.1 Å². The fourth-order valence-electron chi connectivity index (χ4n) is 5.06. The summed E-state index contributed by atoms with van der Waals surface area (Å²) in [6.45, 7) is 9.06. The fourth-order valence-corrected chi connectivity index (χ4v) is 5.06.